The van der Waals surface area contributed by atoms with E-state index in [1.807, 2.05) is 6.92 Å². The van der Waals surface area contributed by atoms with Gasteiger partial charge in [-0.2, -0.15) is 4.98 Å². The molecule has 0 atom stereocenters. The number of nitrogens with one attached hydrogen (secondary N) is 2. The Morgan fingerprint density at radius 1 is 1.50 bits per heavy atom. The quantitative estimate of drug-likeness (QED) is 0.705. The van der Waals surface area contributed by atoms with Gasteiger partial charge in [-0.3, -0.25) is 9.78 Å². The van der Waals surface area contributed by atoms with E-state index in [-0.39, 0.29) is 5.91 Å². The standard InChI is InChI=1S/C10H16N4O2/c1-7-10(16-3)14-9(6-13-7)12-5-4-11-8(2)15/h6H,4-5H2,1-3H3,(H,11,15)(H,12,14). The zero-order chi connectivity index (χ0) is 12.0. The number of ether oxygens (including phenoxy) is 1. The lowest BCUT2D eigenvalue weighted by Crippen LogP contribution is -2.26. The third kappa shape index (κ3) is 3.72. The second-order valence-corrected chi connectivity index (χ2v) is 3.26. The van der Waals surface area contributed by atoms with Crippen LogP contribution in [0, 0.1) is 6.92 Å². The van der Waals surface area contributed by atoms with Gasteiger partial charge < -0.3 is 15.4 Å². The Balaban J connectivity index is 2.45. The van der Waals surface area contributed by atoms with Gasteiger partial charge in [-0.1, -0.05) is 0 Å². The molecule has 1 rings (SSSR count). The maximum Gasteiger partial charge on any atom is 0.237 e. The monoisotopic (exact) mass is 224 g/mol. The van der Waals surface area contributed by atoms with Crippen LogP contribution in [-0.4, -0.2) is 36.1 Å². The summed E-state index contributed by atoms with van der Waals surface area (Å²) in [4.78, 5) is 18.9. The summed E-state index contributed by atoms with van der Waals surface area (Å²) in [5.74, 6) is 1.09. The maximum absolute atomic E-state index is 10.6. The molecule has 0 aliphatic carbocycles. The lowest BCUT2D eigenvalue weighted by molar-refractivity contribution is -0.118. The van der Waals surface area contributed by atoms with Gasteiger partial charge in [0.15, 0.2) is 0 Å². The van der Waals surface area contributed by atoms with E-state index in [2.05, 4.69) is 20.6 Å². The van der Waals surface area contributed by atoms with E-state index in [9.17, 15) is 4.79 Å². The highest BCUT2D eigenvalue weighted by Crippen LogP contribution is 2.13. The highest BCUT2D eigenvalue weighted by atomic mass is 16.5. The van der Waals surface area contributed by atoms with Gasteiger partial charge in [0.2, 0.25) is 11.8 Å². The molecule has 0 spiro atoms. The van der Waals surface area contributed by atoms with Gasteiger partial charge in [-0.05, 0) is 6.92 Å². The first-order chi connectivity index (χ1) is 7.63. The van der Waals surface area contributed by atoms with Crippen molar-refractivity contribution < 1.29 is 9.53 Å². The summed E-state index contributed by atoms with van der Waals surface area (Å²) in [6, 6.07) is 0. The van der Waals surface area contributed by atoms with Gasteiger partial charge in [0.25, 0.3) is 0 Å². The minimum Gasteiger partial charge on any atom is -0.480 e. The van der Waals surface area contributed by atoms with Crippen LogP contribution in [0.15, 0.2) is 6.20 Å². The first-order valence-electron chi connectivity index (χ1n) is 4.99. The zero-order valence-electron chi connectivity index (χ0n) is 9.70. The lowest BCUT2D eigenvalue weighted by Gasteiger charge is -2.08. The molecular formula is C10H16N4O2. The fourth-order valence-corrected chi connectivity index (χ4v) is 1.14. The second kappa shape index (κ2) is 5.89. The number of carbonyl (C=O) groups excluding carboxylic acids is 1. The van der Waals surface area contributed by atoms with E-state index in [0.717, 1.165) is 5.69 Å². The topological polar surface area (TPSA) is 76.1 Å². The van der Waals surface area contributed by atoms with Gasteiger partial charge in [0, 0.05) is 20.0 Å². The molecule has 0 saturated heterocycles. The summed E-state index contributed by atoms with van der Waals surface area (Å²) in [6.45, 7) is 4.45. The number of methoxy groups -OCH3 is 1. The number of carbonyl (C=O) groups is 1. The predicted molar refractivity (Wildman–Crippen MR) is 60.5 cm³/mol. The van der Waals surface area contributed by atoms with Gasteiger partial charge in [0.05, 0.1) is 19.0 Å². The number of aryl methyl sites for hydroxylation is 1. The van der Waals surface area contributed by atoms with Gasteiger partial charge in [-0.15, -0.1) is 0 Å². The summed E-state index contributed by atoms with van der Waals surface area (Å²) in [7, 11) is 1.55. The molecular weight excluding hydrogens is 208 g/mol. The minimum absolute atomic E-state index is 0.0469. The van der Waals surface area contributed by atoms with Crippen molar-refractivity contribution in [2.45, 2.75) is 13.8 Å². The molecule has 88 valence electrons. The molecule has 1 heterocycles. The molecule has 0 aliphatic rings. The molecule has 6 nitrogen and oxygen atoms in total. The van der Waals surface area contributed by atoms with Crippen LogP contribution < -0.4 is 15.4 Å². The molecule has 0 aliphatic heterocycles. The van der Waals surface area contributed by atoms with Gasteiger partial charge >= 0.3 is 0 Å². The van der Waals surface area contributed by atoms with Crippen molar-refractivity contribution in [2.24, 2.45) is 0 Å². The summed E-state index contributed by atoms with van der Waals surface area (Å²) in [5.41, 5.74) is 0.745. The second-order valence-electron chi connectivity index (χ2n) is 3.26. The molecule has 0 aromatic carbocycles. The van der Waals surface area contributed by atoms with Crippen molar-refractivity contribution in [3.8, 4) is 5.88 Å². The van der Waals surface area contributed by atoms with E-state index in [0.29, 0.717) is 24.8 Å². The van der Waals surface area contributed by atoms with Gasteiger partial charge in [-0.25, -0.2) is 0 Å². The fraction of sp³-hybridized carbons (Fsp3) is 0.500. The lowest BCUT2D eigenvalue weighted by atomic mass is 10.4. The van der Waals surface area contributed by atoms with Crippen LogP contribution in [0.25, 0.3) is 0 Å². The number of amides is 1. The molecule has 0 radical (unpaired) electrons. The molecule has 0 bridgehead atoms. The SMILES string of the molecule is COc1nc(NCCNC(C)=O)cnc1C. The van der Waals surface area contributed by atoms with Crippen LogP contribution >= 0.6 is 0 Å². The van der Waals surface area contributed by atoms with Crippen molar-refractivity contribution in [1.29, 1.82) is 0 Å². The van der Waals surface area contributed by atoms with Crippen molar-refractivity contribution >= 4 is 11.7 Å². The summed E-state index contributed by atoms with van der Waals surface area (Å²) in [5, 5.41) is 5.71. The number of hydrogen-bond acceptors (Lipinski definition) is 5. The molecule has 16 heavy (non-hydrogen) atoms. The molecule has 1 aromatic rings. The summed E-state index contributed by atoms with van der Waals surface area (Å²) < 4.78 is 5.05. The van der Waals surface area contributed by atoms with Crippen molar-refractivity contribution in [3.63, 3.8) is 0 Å². The Kier molecular flexibility index (Phi) is 4.50. The Morgan fingerprint density at radius 2 is 2.25 bits per heavy atom. The predicted octanol–water partition coefficient (Wildman–Crippen LogP) is 0.342. The van der Waals surface area contributed by atoms with Crippen LogP contribution in [-0.2, 0) is 4.79 Å². The Bertz CT molecular complexity index is 368. The Morgan fingerprint density at radius 3 is 2.88 bits per heavy atom. The highest BCUT2D eigenvalue weighted by molar-refractivity contribution is 5.72. The van der Waals surface area contributed by atoms with E-state index >= 15 is 0 Å². The molecule has 6 heteroatoms. The highest BCUT2D eigenvalue weighted by Gasteiger charge is 2.02. The molecule has 2 N–H and O–H groups in total. The zero-order valence-corrected chi connectivity index (χ0v) is 9.70. The van der Waals surface area contributed by atoms with Crippen LogP contribution in [0.2, 0.25) is 0 Å². The average Bonchev–Trinajstić information content (AvgIpc) is 2.26. The number of aromatic nitrogens is 2. The molecule has 1 amide bonds. The van der Waals surface area contributed by atoms with Gasteiger partial charge in [0.1, 0.15) is 5.82 Å². The first kappa shape index (κ1) is 12.2. The Hall–Kier alpha value is -1.85. The van der Waals surface area contributed by atoms with Crippen LogP contribution in [0.1, 0.15) is 12.6 Å². The van der Waals surface area contributed by atoms with Crippen LogP contribution in [0.5, 0.6) is 5.88 Å². The normalized spacial score (nSPS) is 9.69. The van der Waals surface area contributed by atoms with Crippen molar-refractivity contribution in [1.82, 2.24) is 15.3 Å². The fourth-order valence-electron chi connectivity index (χ4n) is 1.14. The third-order valence-corrected chi connectivity index (χ3v) is 1.91. The number of rotatable bonds is 5. The third-order valence-electron chi connectivity index (χ3n) is 1.91. The largest absolute Gasteiger partial charge is 0.480 e. The van der Waals surface area contributed by atoms with E-state index in [4.69, 9.17) is 4.74 Å². The van der Waals surface area contributed by atoms with E-state index in [1.165, 1.54) is 6.92 Å². The summed E-state index contributed by atoms with van der Waals surface area (Å²) in [6.07, 6.45) is 1.63. The van der Waals surface area contributed by atoms with Crippen molar-refractivity contribution in [2.75, 3.05) is 25.5 Å². The maximum atomic E-state index is 10.6. The van der Waals surface area contributed by atoms with Crippen LogP contribution in [0.4, 0.5) is 5.82 Å². The number of anilines is 1. The summed E-state index contributed by atoms with van der Waals surface area (Å²) >= 11 is 0. The molecule has 0 saturated carbocycles. The average molecular weight is 224 g/mol. The molecule has 1 aromatic heterocycles. The minimum atomic E-state index is -0.0469. The van der Waals surface area contributed by atoms with E-state index in [1.54, 1.807) is 13.3 Å². The smallest absolute Gasteiger partial charge is 0.237 e. The molecule has 0 unspecified atom stereocenters. The van der Waals surface area contributed by atoms with Crippen molar-refractivity contribution in [3.05, 3.63) is 11.9 Å². The first-order valence-corrected chi connectivity index (χ1v) is 4.99. The van der Waals surface area contributed by atoms with E-state index < -0.39 is 0 Å². The van der Waals surface area contributed by atoms with Crippen LogP contribution in [0.3, 0.4) is 0 Å². The number of nitrogens with zero attached hydrogens (tertiary/aromatic N) is 2. The number of hydrogen-bond donors (Lipinski definition) is 2. The molecule has 0 fully saturated rings. The Labute approximate surface area is 94.4 Å².